The summed E-state index contributed by atoms with van der Waals surface area (Å²) < 4.78 is 3.22. The number of nitrogens with zero attached hydrogens (tertiary/aromatic N) is 1. The Labute approximate surface area is 176 Å². The van der Waals surface area contributed by atoms with Gasteiger partial charge in [0.05, 0.1) is 0 Å². The normalized spacial score (nSPS) is 23.8. The number of rotatable bonds is 8. The third kappa shape index (κ3) is 5.17. The smallest absolute Gasteiger partial charge is 0.451 e. The molecule has 3 rings (SSSR count). The number of carbonyl (C=O) groups is 1. The van der Waals surface area contributed by atoms with E-state index in [1.807, 2.05) is 0 Å². The minimum Gasteiger partial charge on any atom is -0.473 e. The fourth-order valence-corrected chi connectivity index (χ4v) is 8.29. The Morgan fingerprint density at radius 1 is 1.21 bits per heavy atom. The standard InChI is InChI=1S/C21H35BN2O4S/c1-23-29(21(25)26,16-5-4-13-22(27)28)18-11-14-24(15-12-18)20-10-6-8-17-7-2-3-9-19(17)20/h2-3,7,9,18,20,23,27-28H,4-6,8,10-16H2,1H3,(H,25,26). The van der Waals surface area contributed by atoms with Crippen molar-refractivity contribution in [2.24, 2.45) is 0 Å². The summed E-state index contributed by atoms with van der Waals surface area (Å²) in [6.45, 7) is 1.89. The van der Waals surface area contributed by atoms with Gasteiger partial charge in [0.15, 0.2) is 0 Å². The van der Waals surface area contributed by atoms with Crippen molar-refractivity contribution in [3.63, 3.8) is 0 Å². The average Bonchev–Trinajstić information content (AvgIpc) is 2.73. The predicted molar refractivity (Wildman–Crippen MR) is 120 cm³/mol. The lowest BCUT2D eigenvalue weighted by molar-refractivity contribution is 0.150. The van der Waals surface area contributed by atoms with E-state index in [2.05, 4.69) is 33.9 Å². The number of likely N-dealkylation sites (tertiary alicyclic amines) is 1. The Kier molecular flexibility index (Phi) is 8.04. The number of benzene rings is 1. The van der Waals surface area contributed by atoms with Crippen LogP contribution in [0.25, 0.3) is 0 Å². The second-order valence-corrected chi connectivity index (χ2v) is 11.7. The number of fused-ring (bicyclic) bond motifs is 1. The van der Waals surface area contributed by atoms with Crippen molar-refractivity contribution in [2.45, 2.75) is 62.6 Å². The van der Waals surface area contributed by atoms with Gasteiger partial charge in [-0.1, -0.05) is 40.9 Å². The molecule has 0 radical (unpaired) electrons. The molecule has 1 saturated heterocycles. The van der Waals surface area contributed by atoms with E-state index in [-0.39, 0.29) is 5.25 Å². The zero-order chi connectivity index (χ0) is 20.9. The van der Waals surface area contributed by atoms with E-state index in [4.69, 9.17) is 10.0 Å². The first kappa shape index (κ1) is 22.6. The molecule has 8 heteroatoms. The van der Waals surface area contributed by atoms with E-state index < -0.39 is 22.6 Å². The van der Waals surface area contributed by atoms with Crippen LogP contribution in [0.5, 0.6) is 0 Å². The third-order valence-corrected chi connectivity index (χ3v) is 10.6. The molecule has 1 aliphatic carbocycles. The van der Waals surface area contributed by atoms with E-state index in [0.29, 0.717) is 31.0 Å². The topological polar surface area (TPSA) is 93.0 Å². The molecule has 0 bridgehead atoms. The minimum atomic E-state index is -1.99. The quantitative estimate of drug-likeness (QED) is 0.379. The molecule has 0 aromatic heterocycles. The van der Waals surface area contributed by atoms with Gasteiger partial charge in [-0.3, -0.25) is 9.62 Å². The first-order valence-corrected chi connectivity index (χ1v) is 12.7. The van der Waals surface area contributed by atoms with Crippen LogP contribution in [0.15, 0.2) is 24.3 Å². The minimum absolute atomic E-state index is 0.166. The van der Waals surface area contributed by atoms with Gasteiger partial charge in [-0.15, -0.1) is 0 Å². The highest BCUT2D eigenvalue weighted by atomic mass is 32.3. The van der Waals surface area contributed by atoms with Gasteiger partial charge in [-0.2, -0.15) is 0 Å². The van der Waals surface area contributed by atoms with Gasteiger partial charge in [-0.25, -0.2) is 4.79 Å². The molecule has 1 fully saturated rings. The molecule has 0 amide bonds. The van der Waals surface area contributed by atoms with Crippen LogP contribution in [0.4, 0.5) is 4.79 Å². The molecule has 1 aromatic rings. The van der Waals surface area contributed by atoms with Crippen molar-refractivity contribution < 1.29 is 19.9 Å². The SMILES string of the molecule is CNS(CCCCB(O)O)(C(=O)O)C1CCN(C2CCCc3ccccc32)CC1. The second-order valence-electron chi connectivity index (χ2n) is 8.29. The molecule has 162 valence electrons. The second kappa shape index (κ2) is 10.3. The molecule has 1 heterocycles. The molecular weight excluding hydrogens is 387 g/mol. The number of hydrogen-bond donors (Lipinski definition) is 4. The Balaban J connectivity index is 1.63. The molecular formula is C21H35BN2O4S. The van der Waals surface area contributed by atoms with Crippen molar-refractivity contribution >= 4 is 22.6 Å². The summed E-state index contributed by atoms with van der Waals surface area (Å²) >= 11 is 0. The van der Waals surface area contributed by atoms with E-state index in [0.717, 1.165) is 32.4 Å². The van der Waals surface area contributed by atoms with Crippen LogP contribution < -0.4 is 4.72 Å². The molecule has 2 unspecified atom stereocenters. The van der Waals surface area contributed by atoms with Gasteiger partial charge in [-0.05, 0) is 81.9 Å². The summed E-state index contributed by atoms with van der Waals surface area (Å²) in [6.07, 6.45) is 7.03. The number of unbranched alkanes of at least 4 members (excludes halogenated alkanes) is 1. The monoisotopic (exact) mass is 422 g/mol. The van der Waals surface area contributed by atoms with Gasteiger partial charge in [0, 0.05) is 11.3 Å². The van der Waals surface area contributed by atoms with Crippen LogP contribution in [-0.2, 0) is 6.42 Å². The van der Waals surface area contributed by atoms with Crippen LogP contribution in [0.3, 0.4) is 0 Å². The zero-order valence-electron chi connectivity index (χ0n) is 17.4. The zero-order valence-corrected chi connectivity index (χ0v) is 18.2. The molecule has 1 aliphatic heterocycles. The molecule has 1 aromatic carbocycles. The number of aryl methyl sites for hydroxylation is 1. The maximum absolute atomic E-state index is 12.3. The largest absolute Gasteiger partial charge is 0.473 e. The van der Waals surface area contributed by atoms with E-state index in [1.54, 1.807) is 7.05 Å². The summed E-state index contributed by atoms with van der Waals surface area (Å²) in [4.78, 5) is 14.9. The lowest BCUT2D eigenvalue weighted by atomic mass is 9.84. The highest BCUT2D eigenvalue weighted by molar-refractivity contribution is 8.43. The molecule has 2 aliphatic rings. The lowest BCUT2D eigenvalue weighted by Gasteiger charge is -2.48. The number of hydrogen-bond acceptors (Lipinski definition) is 5. The third-order valence-electron chi connectivity index (χ3n) is 6.68. The summed E-state index contributed by atoms with van der Waals surface area (Å²) in [5, 5.41) is 27.6. The molecule has 4 N–H and O–H groups in total. The molecule has 2 atom stereocenters. The number of nitrogens with one attached hydrogen (secondary N) is 1. The van der Waals surface area contributed by atoms with Crippen LogP contribution in [0.2, 0.25) is 6.32 Å². The first-order chi connectivity index (χ1) is 14.0. The maximum Gasteiger partial charge on any atom is 0.451 e. The molecule has 0 saturated carbocycles. The summed E-state index contributed by atoms with van der Waals surface area (Å²) in [6, 6.07) is 9.24. The predicted octanol–water partition coefficient (Wildman–Crippen LogP) is 3.40. The number of piperidine rings is 1. The van der Waals surface area contributed by atoms with Gasteiger partial charge < -0.3 is 15.2 Å². The van der Waals surface area contributed by atoms with Crippen molar-refractivity contribution in [1.29, 1.82) is 0 Å². The molecule has 6 nitrogen and oxygen atoms in total. The summed E-state index contributed by atoms with van der Waals surface area (Å²) in [7, 11) is -1.51. The van der Waals surface area contributed by atoms with Crippen LogP contribution in [0.1, 0.15) is 55.7 Å². The Hall–Kier alpha value is -1.06. The Morgan fingerprint density at radius 2 is 1.93 bits per heavy atom. The molecule has 29 heavy (non-hydrogen) atoms. The van der Waals surface area contributed by atoms with E-state index >= 15 is 0 Å². The van der Waals surface area contributed by atoms with Gasteiger partial charge in [0.1, 0.15) is 0 Å². The fourth-order valence-electron chi connectivity index (χ4n) is 5.11. The maximum atomic E-state index is 12.3. The summed E-state index contributed by atoms with van der Waals surface area (Å²) in [5.41, 5.74) is 2.93. The Bertz CT molecular complexity index is 684. The van der Waals surface area contributed by atoms with Crippen LogP contribution in [-0.4, -0.2) is 63.6 Å². The first-order valence-electron chi connectivity index (χ1n) is 10.9. The van der Waals surface area contributed by atoms with Gasteiger partial charge >= 0.3 is 12.4 Å². The Morgan fingerprint density at radius 3 is 2.59 bits per heavy atom. The van der Waals surface area contributed by atoms with Crippen molar-refractivity contribution in [3.05, 3.63) is 35.4 Å². The average molecular weight is 422 g/mol. The van der Waals surface area contributed by atoms with Crippen molar-refractivity contribution in [1.82, 2.24) is 9.62 Å². The van der Waals surface area contributed by atoms with Gasteiger partial charge in [0.2, 0.25) is 0 Å². The van der Waals surface area contributed by atoms with Crippen molar-refractivity contribution in [2.75, 3.05) is 25.9 Å². The van der Waals surface area contributed by atoms with Gasteiger partial charge in [0.25, 0.3) is 0 Å². The van der Waals surface area contributed by atoms with E-state index in [1.165, 1.54) is 24.0 Å². The van der Waals surface area contributed by atoms with E-state index in [9.17, 15) is 9.90 Å². The lowest BCUT2D eigenvalue weighted by Crippen LogP contribution is -2.45. The highest BCUT2D eigenvalue weighted by Crippen LogP contribution is 2.54. The van der Waals surface area contributed by atoms with Crippen molar-refractivity contribution in [3.8, 4) is 0 Å². The summed E-state index contributed by atoms with van der Waals surface area (Å²) in [5.74, 6) is 0.600. The van der Waals surface area contributed by atoms with Crippen LogP contribution in [0, 0.1) is 0 Å². The number of carboxylic acid groups (broad SMARTS) is 1. The fraction of sp³-hybridized carbons (Fsp3) is 0.667. The molecule has 0 spiro atoms. The van der Waals surface area contributed by atoms with Crippen LogP contribution >= 0.6 is 10.2 Å². The highest BCUT2D eigenvalue weighted by Gasteiger charge is 2.41.